The normalized spacial score (nSPS) is 18.8. The molecule has 0 bridgehead atoms. The van der Waals surface area contributed by atoms with E-state index in [1.165, 1.54) is 32.1 Å². The molecule has 0 amide bonds. The van der Waals surface area contributed by atoms with Crippen molar-refractivity contribution in [3.63, 3.8) is 0 Å². The summed E-state index contributed by atoms with van der Waals surface area (Å²) in [6.07, 6.45) is 6.91. The molecule has 0 saturated heterocycles. The predicted molar refractivity (Wildman–Crippen MR) is 79.3 cm³/mol. The molecule has 100 valence electrons. The van der Waals surface area contributed by atoms with Crippen molar-refractivity contribution in [1.29, 1.82) is 0 Å². The van der Waals surface area contributed by atoms with E-state index in [4.69, 9.17) is 23.2 Å². The van der Waals surface area contributed by atoms with Gasteiger partial charge in [-0.2, -0.15) is 0 Å². The largest absolute Gasteiger partial charge is 0.310 e. The molecule has 18 heavy (non-hydrogen) atoms. The average Bonchev–Trinajstić information content (AvgIpc) is 2.38. The van der Waals surface area contributed by atoms with Gasteiger partial charge < -0.3 is 5.32 Å². The molecule has 0 aliphatic heterocycles. The summed E-state index contributed by atoms with van der Waals surface area (Å²) in [7, 11) is 0. The molecule has 1 aliphatic carbocycles. The molecule has 1 aliphatic rings. The molecule has 0 spiro atoms. The quantitative estimate of drug-likeness (QED) is 0.816. The van der Waals surface area contributed by atoms with Crippen LogP contribution in [0, 0.1) is 5.92 Å². The summed E-state index contributed by atoms with van der Waals surface area (Å²) in [5, 5.41) is 5.06. The zero-order valence-electron chi connectivity index (χ0n) is 10.9. The van der Waals surface area contributed by atoms with E-state index in [1.54, 1.807) is 0 Å². The Labute approximate surface area is 120 Å². The molecule has 1 unspecified atom stereocenters. The van der Waals surface area contributed by atoms with Crippen molar-refractivity contribution in [3.8, 4) is 0 Å². The second kappa shape index (κ2) is 6.79. The lowest BCUT2D eigenvalue weighted by Crippen LogP contribution is -2.34. The molecule has 1 atom stereocenters. The van der Waals surface area contributed by atoms with Crippen LogP contribution in [0.2, 0.25) is 10.0 Å². The van der Waals surface area contributed by atoms with E-state index in [0.29, 0.717) is 11.1 Å². The van der Waals surface area contributed by atoms with Gasteiger partial charge in [-0.1, -0.05) is 48.5 Å². The van der Waals surface area contributed by atoms with Crippen molar-refractivity contribution in [2.45, 2.75) is 51.6 Å². The molecule has 2 rings (SSSR count). The van der Waals surface area contributed by atoms with Crippen LogP contribution in [0.1, 0.15) is 44.6 Å². The van der Waals surface area contributed by atoms with Gasteiger partial charge in [0.05, 0.1) is 0 Å². The molecule has 0 heterocycles. The lowest BCUT2D eigenvalue weighted by atomic mass is 9.84. The molecular weight excluding hydrogens is 265 g/mol. The molecule has 1 aromatic rings. The van der Waals surface area contributed by atoms with Crippen LogP contribution in [0.5, 0.6) is 0 Å². The fourth-order valence-electron chi connectivity index (χ4n) is 2.74. The highest BCUT2D eigenvalue weighted by atomic mass is 35.5. The Bertz CT molecular complexity index is 386. The number of hydrogen-bond donors (Lipinski definition) is 1. The Morgan fingerprint density at radius 3 is 2.61 bits per heavy atom. The first kappa shape index (κ1) is 14.2. The average molecular weight is 286 g/mol. The van der Waals surface area contributed by atoms with E-state index in [0.717, 1.165) is 23.0 Å². The Hall–Kier alpha value is -0.240. The SMILES string of the molecule is CC(NCc1ccc(Cl)cc1Cl)C1CCCCC1. The standard InChI is InChI=1S/C15H21Cl2N/c1-11(12-5-3-2-4-6-12)18-10-13-7-8-14(16)9-15(13)17/h7-9,11-12,18H,2-6,10H2,1H3. The molecule has 1 saturated carbocycles. The van der Waals surface area contributed by atoms with Gasteiger partial charge in [0.1, 0.15) is 0 Å². The van der Waals surface area contributed by atoms with Crippen LogP contribution < -0.4 is 5.32 Å². The number of halogens is 2. The lowest BCUT2D eigenvalue weighted by molar-refractivity contribution is 0.280. The van der Waals surface area contributed by atoms with Gasteiger partial charge in [-0.3, -0.25) is 0 Å². The van der Waals surface area contributed by atoms with Crippen molar-refractivity contribution >= 4 is 23.2 Å². The summed E-state index contributed by atoms with van der Waals surface area (Å²) in [5.74, 6) is 0.824. The summed E-state index contributed by atoms with van der Waals surface area (Å²) in [4.78, 5) is 0. The Morgan fingerprint density at radius 2 is 1.94 bits per heavy atom. The van der Waals surface area contributed by atoms with E-state index < -0.39 is 0 Å². The lowest BCUT2D eigenvalue weighted by Gasteiger charge is -2.28. The van der Waals surface area contributed by atoms with Crippen LogP contribution in [-0.2, 0) is 6.54 Å². The Kier molecular flexibility index (Phi) is 5.35. The third-order valence-corrected chi connectivity index (χ3v) is 4.57. The molecule has 0 radical (unpaired) electrons. The summed E-state index contributed by atoms with van der Waals surface area (Å²) in [5.41, 5.74) is 1.13. The third-order valence-electron chi connectivity index (χ3n) is 3.99. The van der Waals surface area contributed by atoms with E-state index in [2.05, 4.69) is 12.2 Å². The molecular formula is C15H21Cl2N. The molecule has 1 fully saturated rings. The van der Waals surface area contributed by atoms with E-state index in [1.807, 2.05) is 18.2 Å². The highest BCUT2D eigenvalue weighted by Crippen LogP contribution is 2.27. The fourth-order valence-corrected chi connectivity index (χ4v) is 3.21. The van der Waals surface area contributed by atoms with Crippen molar-refractivity contribution in [1.82, 2.24) is 5.32 Å². The monoisotopic (exact) mass is 285 g/mol. The first-order chi connectivity index (χ1) is 8.66. The second-order valence-corrected chi connectivity index (χ2v) is 6.15. The summed E-state index contributed by atoms with van der Waals surface area (Å²) >= 11 is 12.1. The van der Waals surface area contributed by atoms with Crippen molar-refractivity contribution in [3.05, 3.63) is 33.8 Å². The number of rotatable bonds is 4. The maximum atomic E-state index is 6.17. The molecule has 0 aromatic heterocycles. The van der Waals surface area contributed by atoms with Crippen LogP contribution >= 0.6 is 23.2 Å². The zero-order valence-corrected chi connectivity index (χ0v) is 12.4. The first-order valence-corrected chi connectivity index (χ1v) is 7.59. The maximum absolute atomic E-state index is 6.17. The summed E-state index contributed by atoms with van der Waals surface area (Å²) in [6.45, 7) is 3.12. The Morgan fingerprint density at radius 1 is 1.22 bits per heavy atom. The molecule has 3 heteroatoms. The van der Waals surface area contributed by atoms with Crippen LogP contribution in [0.25, 0.3) is 0 Å². The molecule has 1 aromatic carbocycles. The molecule has 1 N–H and O–H groups in total. The molecule has 1 nitrogen and oxygen atoms in total. The zero-order chi connectivity index (χ0) is 13.0. The van der Waals surface area contributed by atoms with Crippen LogP contribution in [0.4, 0.5) is 0 Å². The maximum Gasteiger partial charge on any atom is 0.0465 e. The Balaban J connectivity index is 1.86. The van der Waals surface area contributed by atoms with Crippen molar-refractivity contribution in [2.24, 2.45) is 5.92 Å². The highest BCUT2D eigenvalue weighted by molar-refractivity contribution is 6.35. The third kappa shape index (κ3) is 3.88. The number of hydrogen-bond acceptors (Lipinski definition) is 1. The second-order valence-electron chi connectivity index (χ2n) is 5.30. The minimum atomic E-state index is 0.567. The van der Waals surface area contributed by atoms with E-state index in [9.17, 15) is 0 Å². The first-order valence-electron chi connectivity index (χ1n) is 6.84. The summed E-state index contributed by atoms with van der Waals surface area (Å²) < 4.78 is 0. The number of benzene rings is 1. The van der Waals surface area contributed by atoms with Gasteiger partial charge in [0, 0.05) is 22.6 Å². The van der Waals surface area contributed by atoms with Crippen LogP contribution in [-0.4, -0.2) is 6.04 Å². The number of nitrogens with one attached hydrogen (secondary N) is 1. The van der Waals surface area contributed by atoms with Gasteiger partial charge in [-0.25, -0.2) is 0 Å². The van der Waals surface area contributed by atoms with Crippen LogP contribution in [0.3, 0.4) is 0 Å². The smallest absolute Gasteiger partial charge is 0.0465 e. The van der Waals surface area contributed by atoms with Crippen molar-refractivity contribution in [2.75, 3.05) is 0 Å². The minimum absolute atomic E-state index is 0.567. The fraction of sp³-hybridized carbons (Fsp3) is 0.600. The van der Waals surface area contributed by atoms with Crippen LogP contribution in [0.15, 0.2) is 18.2 Å². The van der Waals surface area contributed by atoms with Gasteiger partial charge >= 0.3 is 0 Å². The highest BCUT2D eigenvalue weighted by Gasteiger charge is 2.19. The van der Waals surface area contributed by atoms with E-state index in [-0.39, 0.29) is 0 Å². The van der Waals surface area contributed by atoms with Crippen molar-refractivity contribution < 1.29 is 0 Å². The van der Waals surface area contributed by atoms with Gasteiger partial charge in [-0.15, -0.1) is 0 Å². The van der Waals surface area contributed by atoms with Gasteiger partial charge in [0.15, 0.2) is 0 Å². The van der Waals surface area contributed by atoms with Gasteiger partial charge in [0.2, 0.25) is 0 Å². The van der Waals surface area contributed by atoms with E-state index >= 15 is 0 Å². The topological polar surface area (TPSA) is 12.0 Å². The summed E-state index contributed by atoms with van der Waals surface area (Å²) in [6, 6.07) is 6.28. The minimum Gasteiger partial charge on any atom is -0.310 e. The predicted octanol–water partition coefficient (Wildman–Crippen LogP) is 5.05. The van der Waals surface area contributed by atoms with Gasteiger partial charge in [-0.05, 0) is 43.4 Å². The van der Waals surface area contributed by atoms with Gasteiger partial charge in [0.25, 0.3) is 0 Å².